The lowest BCUT2D eigenvalue weighted by molar-refractivity contribution is 1.64. The standard InChI is InChI=1S/C52H32S/c1-3-17-34(18-4-1)48-41-25-11-14-28-44(41)51-45-32-36(30-31-46(45)53-52(51)49(48)35-19-5-2-6-20-35)47-39-23-9-12-26-42(39)50(43-27-13-10-24-40(43)47)38-29-15-21-33-16-7-8-22-37(33)38/h1-32H. The van der Waals surface area contributed by atoms with Crippen LogP contribution in [0.1, 0.15) is 0 Å². The van der Waals surface area contributed by atoms with Gasteiger partial charge in [0.2, 0.25) is 0 Å². The van der Waals surface area contributed by atoms with Crippen LogP contribution in [0.3, 0.4) is 0 Å². The second-order valence-electron chi connectivity index (χ2n) is 13.9. The largest absolute Gasteiger partial charge is 0.134 e. The van der Waals surface area contributed by atoms with Crippen LogP contribution in [0, 0.1) is 0 Å². The van der Waals surface area contributed by atoms with Gasteiger partial charge in [-0.15, -0.1) is 11.3 Å². The second kappa shape index (κ2) is 12.0. The van der Waals surface area contributed by atoms with Gasteiger partial charge in [0.15, 0.2) is 0 Å². The van der Waals surface area contributed by atoms with Gasteiger partial charge in [-0.1, -0.05) is 182 Å². The number of hydrogen-bond donors (Lipinski definition) is 0. The third-order valence-electron chi connectivity index (χ3n) is 11.0. The summed E-state index contributed by atoms with van der Waals surface area (Å²) in [5.41, 5.74) is 10.2. The smallest absolute Gasteiger partial charge is 0.0446 e. The summed E-state index contributed by atoms with van der Waals surface area (Å²) < 4.78 is 2.64. The van der Waals surface area contributed by atoms with E-state index in [2.05, 4.69) is 194 Å². The van der Waals surface area contributed by atoms with Crippen molar-refractivity contribution >= 4 is 74.6 Å². The molecule has 1 heterocycles. The number of hydrogen-bond acceptors (Lipinski definition) is 1. The van der Waals surface area contributed by atoms with Gasteiger partial charge in [0.25, 0.3) is 0 Å². The molecule has 0 N–H and O–H groups in total. The van der Waals surface area contributed by atoms with E-state index in [1.165, 1.54) is 108 Å². The number of rotatable bonds is 4. The van der Waals surface area contributed by atoms with Crippen molar-refractivity contribution < 1.29 is 0 Å². The van der Waals surface area contributed by atoms with Crippen LogP contribution in [0.2, 0.25) is 0 Å². The molecule has 0 bridgehead atoms. The predicted molar refractivity (Wildman–Crippen MR) is 231 cm³/mol. The van der Waals surface area contributed by atoms with E-state index in [0.717, 1.165) is 0 Å². The molecule has 10 aromatic carbocycles. The Kier molecular flexibility index (Phi) is 6.83. The van der Waals surface area contributed by atoms with Gasteiger partial charge in [0.05, 0.1) is 0 Å². The Morgan fingerprint density at radius 2 is 0.774 bits per heavy atom. The van der Waals surface area contributed by atoms with E-state index < -0.39 is 0 Å². The van der Waals surface area contributed by atoms with E-state index >= 15 is 0 Å². The molecule has 1 heteroatoms. The van der Waals surface area contributed by atoms with Gasteiger partial charge < -0.3 is 0 Å². The lowest BCUT2D eigenvalue weighted by Gasteiger charge is -2.19. The maximum Gasteiger partial charge on any atom is 0.0446 e. The third kappa shape index (κ3) is 4.61. The van der Waals surface area contributed by atoms with E-state index in [1.54, 1.807) is 0 Å². The highest BCUT2D eigenvalue weighted by molar-refractivity contribution is 7.26. The first-order valence-corrected chi connectivity index (χ1v) is 19.1. The topological polar surface area (TPSA) is 0 Å². The minimum absolute atomic E-state index is 1.24. The zero-order chi connectivity index (χ0) is 34.9. The molecule has 11 aromatic rings. The average molecular weight is 689 g/mol. The van der Waals surface area contributed by atoms with Gasteiger partial charge >= 0.3 is 0 Å². The molecule has 11 rings (SSSR count). The molecule has 0 aliphatic rings. The van der Waals surface area contributed by atoms with E-state index in [9.17, 15) is 0 Å². The Bertz CT molecular complexity index is 3140. The van der Waals surface area contributed by atoms with Crippen molar-refractivity contribution in [1.82, 2.24) is 0 Å². The second-order valence-corrected chi connectivity index (χ2v) is 15.0. The Hall–Kier alpha value is -6.54. The van der Waals surface area contributed by atoms with Gasteiger partial charge in [-0.25, -0.2) is 0 Å². The summed E-state index contributed by atoms with van der Waals surface area (Å²) in [6.07, 6.45) is 0. The molecule has 1 aromatic heterocycles. The first-order valence-electron chi connectivity index (χ1n) is 18.3. The summed E-state index contributed by atoms with van der Waals surface area (Å²) in [4.78, 5) is 0. The van der Waals surface area contributed by atoms with E-state index in [4.69, 9.17) is 0 Å². The molecule has 0 amide bonds. The highest BCUT2D eigenvalue weighted by atomic mass is 32.1. The monoisotopic (exact) mass is 688 g/mol. The van der Waals surface area contributed by atoms with E-state index in [1.807, 2.05) is 11.3 Å². The maximum absolute atomic E-state index is 2.48. The zero-order valence-corrected chi connectivity index (χ0v) is 29.7. The molecule has 0 nitrogen and oxygen atoms in total. The Labute approximate surface area is 311 Å². The molecule has 0 spiro atoms. The van der Waals surface area contributed by atoms with Crippen LogP contribution in [-0.2, 0) is 0 Å². The van der Waals surface area contributed by atoms with Gasteiger partial charge in [0, 0.05) is 25.7 Å². The molecule has 0 saturated carbocycles. The van der Waals surface area contributed by atoms with Crippen LogP contribution in [0.25, 0.3) is 108 Å². The fourth-order valence-electron chi connectivity index (χ4n) is 8.82. The van der Waals surface area contributed by atoms with Crippen molar-refractivity contribution in [1.29, 1.82) is 0 Å². The molecular formula is C52H32S. The van der Waals surface area contributed by atoms with Crippen LogP contribution in [-0.4, -0.2) is 0 Å². The molecule has 0 aliphatic heterocycles. The van der Waals surface area contributed by atoms with E-state index in [0.29, 0.717) is 0 Å². The Morgan fingerprint density at radius 3 is 1.42 bits per heavy atom. The van der Waals surface area contributed by atoms with Crippen LogP contribution < -0.4 is 0 Å². The normalized spacial score (nSPS) is 11.8. The van der Waals surface area contributed by atoms with Crippen molar-refractivity contribution in [3.05, 3.63) is 194 Å². The summed E-state index contributed by atoms with van der Waals surface area (Å²) in [5.74, 6) is 0. The molecular weight excluding hydrogens is 657 g/mol. The van der Waals surface area contributed by atoms with Crippen molar-refractivity contribution in [3.63, 3.8) is 0 Å². The predicted octanol–water partition coefficient (Wildman–Crippen LogP) is 15.3. The Morgan fingerprint density at radius 1 is 0.283 bits per heavy atom. The zero-order valence-electron chi connectivity index (χ0n) is 28.9. The lowest BCUT2D eigenvalue weighted by atomic mass is 9.84. The maximum atomic E-state index is 2.48. The fraction of sp³-hybridized carbons (Fsp3) is 0. The van der Waals surface area contributed by atoms with Crippen LogP contribution >= 0.6 is 11.3 Å². The minimum Gasteiger partial charge on any atom is -0.134 e. The minimum atomic E-state index is 1.24. The van der Waals surface area contributed by atoms with Crippen molar-refractivity contribution in [3.8, 4) is 44.5 Å². The van der Waals surface area contributed by atoms with Gasteiger partial charge in [-0.05, 0) is 94.2 Å². The Balaban J connectivity index is 1.25. The highest BCUT2D eigenvalue weighted by Crippen LogP contribution is 2.51. The van der Waals surface area contributed by atoms with Crippen molar-refractivity contribution in [2.75, 3.05) is 0 Å². The molecule has 0 atom stereocenters. The van der Waals surface area contributed by atoms with Crippen LogP contribution in [0.5, 0.6) is 0 Å². The van der Waals surface area contributed by atoms with Crippen LogP contribution in [0.15, 0.2) is 194 Å². The SMILES string of the molecule is c1ccc(-c2c(-c3ccccc3)c3sc4ccc(-c5c6ccccc6c(-c6cccc7ccccc67)c6ccccc56)cc4c3c3ccccc23)cc1. The quantitative estimate of drug-likeness (QED) is 0.162. The third-order valence-corrected chi connectivity index (χ3v) is 12.2. The van der Waals surface area contributed by atoms with Gasteiger partial charge in [-0.2, -0.15) is 0 Å². The summed E-state index contributed by atoms with van der Waals surface area (Å²) in [6, 6.07) is 71.6. The van der Waals surface area contributed by atoms with Gasteiger partial charge in [0.1, 0.15) is 0 Å². The summed E-state index contributed by atoms with van der Waals surface area (Å²) in [5, 5.41) is 12.9. The van der Waals surface area contributed by atoms with Crippen molar-refractivity contribution in [2.24, 2.45) is 0 Å². The highest BCUT2D eigenvalue weighted by Gasteiger charge is 2.23. The average Bonchev–Trinajstić information content (AvgIpc) is 3.61. The summed E-state index contributed by atoms with van der Waals surface area (Å²) >= 11 is 1.92. The molecule has 0 saturated heterocycles. The number of thiophene rings is 1. The van der Waals surface area contributed by atoms with Gasteiger partial charge in [-0.3, -0.25) is 0 Å². The molecule has 246 valence electrons. The molecule has 0 fully saturated rings. The molecule has 0 unspecified atom stereocenters. The molecule has 0 radical (unpaired) electrons. The van der Waals surface area contributed by atoms with Crippen LogP contribution in [0.4, 0.5) is 0 Å². The summed E-state index contributed by atoms with van der Waals surface area (Å²) in [6.45, 7) is 0. The number of fused-ring (bicyclic) bond motifs is 8. The van der Waals surface area contributed by atoms with E-state index in [-0.39, 0.29) is 0 Å². The number of benzene rings is 10. The fourth-order valence-corrected chi connectivity index (χ4v) is 10.1. The van der Waals surface area contributed by atoms with Crippen molar-refractivity contribution in [2.45, 2.75) is 0 Å². The first kappa shape index (κ1) is 30.1. The summed E-state index contributed by atoms with van der Waals surface area (Å²) in [7, 11) is 0. The first-order chi connectivity index (χ1) is 26.3. The molecule has 53 heavy (non-hydrogen) atoms. The lowest BCUT2D eigenvalue weighted by Crippen LogP contribution is -1.91. The molecule has 0 aliphatic carbocycles.